The SMILES string of the molecule is CON=C1CCCCN1c1ccc(NC(=O)C(CC(C)C)Oc2ccc3ccncc3c2)cc1. The quantitative estimate of drug-likeness (QED) is 0.442. The highest BCUT2D eigenvalue weighted by Crippen LogP contribution is 2.25. The number of rotatable bonds is 8. The summed E-state index contributed by atoms with van der Waals surface area (Å²) in [5.74, 6) is 1.73. The Labute approximate surface area is 200 Å². The van der Waals surface area contributed by atoms with E-state index in [9.17, 15) is 4.79 Å². The predicted molar refractivity (Wildman–Crippen MR) is 136 cm³/mol. The number of fused-ring (bicyclic) bond motifs is 1. The average molecular weight is 461 g/mol. The van der Waals surface area contributed by atoms with Crippen molar-refractivity contribution in [3.8, 4) is 5.75 Å². The molecule has 1 aliphatic heterocycles. The van der Waals surface area contributed by atoms with Crippen molar-refractivity contribution in [2.45, 2.75) is 45.6 Å². The zero-order valence-corrected chi connectivity index (χ0v) is 20.0. The van der Waals surface area contributed by atoms with E-state index in [1.165, 1.54) is 0 Å². The van der Waals surface area contributed by atoms with Crippen molar-refractivity contribution in [1.29, 1.82) is 0 Å². The normalized spacial score (nSPS) is 16.0. The molecule has 1 fully saturated rings. The smallest absolute Gasteiger partial charge is 0.265 e. The van der Waals surface area contributed by atoms with Crippen LogP contribution >= 0.6 is 0 Å². The molecule has 7 nitrogen and oxygen atoms in total. The van der Waals surface area contributed by atoms with Gasteiger partial charge >= 0.3 is 0 Å². The first-order chi connectivity index (χ1) is 16.5. The number of carbonyl (C=O) groups is 1. The van der Waals surface area contributed by atoms with E-state index < -0.39 is 6.10 Å². The average Bonchev–Trinajstić information content (AvgIpc) is 2.84. The van der Waals surface area contributed by atoms with Gasteiger partial charge < -0.3 is 19.8 Å². The maximum Gasteiger partial charge on any atom is 0.265 e. The number of benzene rings is 2. The minimum Gasteiger partial charge on any atom is -0.481 e. The summed E-state index contributed by atoms with van der Waals surface area (Å²) in [6.45, 7) is 5.07. The van der Waals surface area contributed by atoms with Crippen LogP contribution in [0.4, 0.5) is 11.4 Å². The van der Waals surface area contributed by atoms with Crippen molar-refractivity contribution in [3.63, 3.8) is 0 Å². The molecule has 1 N–H and O–H groups in total. The molecule has 34 heavy (non-hydrogen) atoms. The second-order valence-corrected chi connectivity index (χ2v) is 8.96. The molecule has 0 spiro atoms. The van der Waals surface area contributed by atoms with Crippen LogP contribution in [0.3, 0.4) is 0 Å². The summed E-state index contributed by atoms with van der Waals surface area (Å²) in [4.78, 5) is 24.5. The van der Waals surface area contributed by atoms with Crippen LogP contribution < -0.4 is 15.0 Å². The van der Waals surface area contributed by atoms with E-state index in [0.29, 0.717) is 18.1 Å². The molecule has 178 valence electrons. The van der Waals surface area contributed by atoms with Gasteiger partial charge in [0.05, 0.1) is 0 Å². The fraction of sp³-hybridized carbons (Fsp3) is 0.370. The zero-order chi connectivity index (χ0) is 23.9. The number of nitrogens with zero attached hydrogens (tertiary/aromatic N) is 3. The van der Waals surface area contributed by atoms with Crippen LogP contribution in [-0.4, -0.2) is 36.5 Å². The number of oxime groups is 1. The van der Waals surface area contributed by atoms with Crippen molar-refractivity contribution >= 4 is 33.9 Å². The lowest BCUT2D eigenvalue weighted by Crippen LogP contribution is -2.35. The molecular weight excluding hydrogens is 428 g/mol. The predicted octanol–water partition coefficient (Wildman–Crippen LogP) is 5.62. The van der Waals surface area contributed by atoms with Crippen LogP contribution in [0.1, 0.15) is 39.5 Å². The molecule has 4 rings (SSSR count). The van der Waals surface area contributed by atoms with Crippen molar-refractivity contribution in [3.05, 3.63) is 60.9 Å². The first-order valence-corrected chi connectivity index (χ1v) is 11.8. The number of hydrogen-bond acceptors (Lipinski definition) is 5. The summed E-state index contributed by atoms with van der Waals surface area (Å²) >= 11 is 0. The van der Waals surface area contributed by atoms with Crippen LogP contribution in [0.25, 0.3) is 10.8 Å². The summed E-state index contributed by atoms with van der Waals surface area (Å²) in [5, 5.41) is 9.26. The topological polar surface area (TPSA) is 76.0 Å². The number of carbonyl (C=O) groups excluding carboxylic acids is 1. The monoisotopic (exact) mass is 460 g/mol. The molecular formula is C27H32N4O3. The van der Waals surface area contributed by atoms with Gasteiger partial charge in [-0.05, 0) is 73.0 Å². The van der Waals surface area contributed by atoms with Crippen molar-refractivity contribution in [2.24, 2.45) is 11.1 Å². The Morgan fingerprint density at radius 2 is 1.94 bits per heavy atom. The molecule has 7 heteroatoms. The number of pyridine rings is 1. The van der Waals surface area contributed by atoms with Gasteiger partial charge in [-0.1, -0.05) is 25.1 Å². The lowest BCUT2D eigenvalue weighted by molar-refractivity contribution is -0.123. The lowest BCUT2D eigenvalue weighted by atomic mass is 10.0. The van der Waals surface area contributed by atoms with E-state index in [1.807, 2.05) is 48.5 Å². The second kappa shape index (κ2) is 11.0. The van der Waals surface area contributed by atoms with E-state index in [4.69, 9.17) is 9.57 Å². The van der Waals surface area contributed by atoms with Crippen molar-refractivity contribution in [2.75, 3.05) is 23.9 Å². The van der Waals surface area contributed by atoms with Crippen LogP contribution in [0.5, 0.6) is 5.75 Å². The van der Waals surface area contributed by atoms with Gasteiger partial charge in [0.2, 0.25) is 0 Å². The molecule has 2 heterocycles. The lowest BCUT2D eigenvalue weighted by Gasteiger charge is -2.29. The summed E-state index contributed by atoms with van der Waals surface area (Å²) in [7, 11) is 1.57. The third-order valence-electron chi connectivity index (χ3n) is 5.86. The minimum absolute atomic E-state index is 0.160. The largest absolute Gasteiger partial charge is 0.481 e. The maximum atomic E-state index is 13.1. The number of amides is 1. The maximum absolute atomic E-state index is 13.1. The molecule has 3 aromatic rings. The molecule has 1 amide bonds. The molecule has 1 saturated heterocycles. The Bertz CT molecular complexity index is 1140. The molecule has 0 radical (unpaired) electrons. The highest BCUT2D eigenvalue weighted by Gasteiger charge is 2.23. The van der Waals surface area contributed by atoms with Gasteiger partial charge in [0.25, 0.3) is 5.91 Å². The third kappa shape index (κ3) is 5.84. The first-order valence-electron chi connectivity index (χ1n) is 11.8. The van der Waals surface area contributed by atoms with Gasteiger partial charge in [-0.25, -0.2) is 0 Å². The van der Waals surface area contributed by atoms with E-state index in [2.05, 4.69) is 34.2 Å². The van der Waals surface area contributed by atoms with Crippen molar-refractivity contribution in [1.82, 2.24) is 4.98 Å². The van der Waals surface area contributed by atoms with Crippen LogP contribution in [-0.2, 0) is 9.63 Å². The van der Waals surface area contributed by atoms with Gasteiger partial charge in [-0.15, -0.1) is 0 Å². The van der Waals surface area contributed by atoms with Gasteiger partial charge in [0.1, 0.15) is 18.7 Å². The third-order valence-corrected chi connectivity index (χ3v) is 5.86. The minimum atomic E-state index is -0.601. The highest BCUT2D eigenvalue weighted by atomic mass is 16.6. The van der Waals surface area contributed by atoms with Crippen molar-refractivity contribution < 1.29 is 14.4 Å². The molecule has 1 aliphatic rings. The number of hydrogen-bond donors (Lipinski definition) is 1. The Morgan fingerprint density at radius 1 is 1.12 bits per heavy atom. The van der Waals surface area contributed by atoms with Crippen LogP contribution in [0.2, 0.25) is 0 Å². The van der Waals surface area contributed by atoms with E-state index in [1.54, 1.807) is 19.5 Å². The van der Waals surface area contributed by atoms with Crippen LogP contribution in [0.15, 0.2) is 66.1 Å². The molecule has 1 unspecified atom stereocenters. The zero-order valence-electron chi connectivity index (χ0n) is 20.0. The van der Waals surface area contributed by atoms with Gasteiger partial charge in [-0.3, -0.25) is 9.78 Å². The Kier molecular flexibility index (Phi) is 7.62. The Morgan fingerprint density at radius 3 is 2.71 bits per heavy atom. The van der Waals surface area contributed by atoms with E-state index in [0.717, 1.165) is 53.8 Å². The summed E-state index contributed by atoms with van der Waals surface area (Å²) < 4.78 is 6.15. The Hall–Kier alpha value is -3.61. The number of aromatic nitrogens is 1. The molecule has 0 aliphatic carbocycles. The number of nitrogens with one attached hydrogen (secondary N) is 1. The Balaban J connectivity index is 1.46. The number of anilines is 2. The van der Waals surface area contributed by atoms with Crippen LogP contribution in [0, 0.1) is 5.92 Å². The fourth-order valence-electron chi connectivity index (χ4n) is 4.18. The van der Waals surface area contributed by atoms with E-state index in [-0.39, 0.29) is 5.91 Å². The molecule has 1 aromatic heterocycles. The number of amidine groups is 1. The van der Waals surface area contributed by atoms with Gasteiger partial charge in [-0.2, -0.15) is 0 Å². The summed E-state index contributed by atoms with van der Waals surface area (Å²) in [6.07, 6.45) is 6.69. The second-order valence-electron chi connectivity index (χ2n) is 8.96. The molecule has 0 saturated carbocycles. The fourth-order valence-corrected chi connectivity index (χ4v) is 4.18. The summed E-state index contributed by atoms with van der Waals surface area (Å²) in [5.41, 5.74) is 1.77. The summed E-state index contributed by atoms with van der Waals surface area (Å²) in [6, 6.07) is 15.6. The molecule has 0 bridgehead atoms. The highest BCUT2D eigenvalue weighted by molar-refractivity contribution is 5.99. The standard InChI is InChI=1S/C27H32N4O3/c1-19(2)16-25(34-24-12-7-20-13-14-28-18-21(20)17-24)27(32)29-22-8-10-23(11-9-22)31-15-5-4-6-26(31)30-33-3/h7-14,17-19,25H,4-6,15-16H2,1-3H3,(H,29,32). The molecule has 1 atom stereocenters. The van der Waals surface area contributed by atoms with Gasteiger partial charge in [0.15, 0.2) is 6.10 Å². The first kappa shape index (κ1) is 23.5. The van der Waals surface area contributed by atoms with Gasteiger partial charge in [0, 0.05) is 42.1 Å². The van der Waals surface area contributed by atoms with E-state index >= 15 is 0 Å². The number of piperidine rings is 1. The number of ether oxygens (including phenoxy) is 1. The molecule has 2 aromatic carbocycles.